The number of nitrogens with zero attached hydrogens (tertiary/aromatic N) is 3. The number of ether oxygens (including phenoxy) is 2. The number of nitrogens with one attached hydrogen (secondary N) is 1. The second-order valence-electron chi connectivity index (χ2n) is 5.99. The predicted molar refractivity (Wildman–Crippen MR) is 110 cm³/mol. The Morgan fingerprint density at radius 3 is 2.61 bits per heavy atom. The third kappa shape index (κ3) is 4.86. The highest BCUT2D eigenvalue weighted by atomic mass is 35.5. The van der Waals surface area contributed by atoms with Crippen LogP contribution in [0.25, 0.3) is 0 Å². The first-order chi connectivity index (χ1) is 13.4. The zero-order valence-electron chi connectivity index (χ0n) is 15.5. The highest BCUT2D eigenvalue weighted by molar-refractivity contribution is 8.01. The topological polar surface area (TPSA) is 93.6 Å². The Balaban J connectivity index is 1.61. The molecule has 2 aromatic rings. The predicted octanol–water partition coefficient (Wildman–Crippen LogP) is 3.45. The standard InChI is InChI=1S/C17H19ClN4O4S2/c1-9(23)22(10-4-5-10)16-20-21-17(28-16)27-8-15(24)19-12-7-13(25-2)11(18)6-14(12)26-3/h6-7,10H,4-5,8H2,1-3H3,(H,19,24). The second-order valence-corrected chi connectivity index (χ2v) is 8.58. The number of hydrogen-bond acceptors (Lipinski definition) is 8. The molecule has 1 aliphatic carbocycles. The molecular weight excluding hydrogens is 424 g/mol. The summed E-state index contributed by atoms with van der Waals surface area (Å²) in [6.45, 7) is 1.52. The lowest BCUT2D eigenvalue weighted by Gasteiger charge is -2.15. The molecule has 3 rings (SSSR count). The molecule has 0 spiro atoms. The number of methoxy groups -OCH3 is 2. The summed E-state index contributed by atoms with van der Waals surface area (Å²) in [5, 5.41) is 11.9. The molecule has 1 N–H and O–H groups in total. The van der Waals surface area contributed by atoms with Gasteiger partial charge in [0, 0.05) is 25.1 Å². The Labute approximate surface area is 175 Å². The number of benzene rings is 1. The molecule has 1 aromatic carbocycles. The summed E-state index contributed by atoms with van der Waals surface area (Å²) in [6.07, 6.45) is 1.97. The van der Waals surface area contributed by atoms with E-state index in [0.717, 1.165) is 12.8 Å². The average molecular weight is 443 g/mol. The number of carbonyl (C=O) groups is 2. The van der Waals surface area contributed by atoms with Crippen LogP contribution in [-0.2, 0) is 9.59 Å². The Morgan fingerprint density at radius 2 is 2.00 bits per heavy atom. The van der Waals surface area contributed by atoms with E-state index in [4.69, 9.17) is 21.1 Å². The van der Waals surface area contributed by atoms with Crippen LogP contribution >= 0.6 is 34.7 Å². The van der Waals surface area contributed by atoms with Crippen LogP contribution in [0.2, 0.25) is 5.02 Å². The largest absolute Gasteiger partial charge is 0.495 e. The molecule has 0 saturated heterocycles. The first-order valence-electron chi connectivity index (χ1n) is 8.40. The first-order valence-corrected chi connectivity index (χ1v) is 10.6. The highest BCUT2D eigenvalue weighted by Gasteiger charge is 2.34. The highest BCUT2D eigenvalue weighted by Crippen LogP contribution is 2.37. The van der Waals surface area contributed by atoms with Crippen molar-refractivity contribution < 1.29 is 19.1 Å². The van der Waals surface area contributed by atoms with E-state index < -0.39 is 0 Å². The maximum absolute atomic E-state index is 12.3. The number of carbonyl (C=O) groups excluding carboxylic acids is 2. The van der Waals surface area contributed by atoms with Crippen molar-refractivity contribution in [2.75, 3.05) is 30.2 Å². The molecule has 2 amide bonds. The summed E-state index contributed by atoms with van der Waals surface area (Å²) >= 11 is 8.63. The van der Waals surface area contributed by atoms with Crippen molar-refractivity contribution in [3.05, 3.63) is 17.2 Å². The average Bonchev–Trinajstić information content (AvgIpc) is 3.38. The fourth-order valence-corrected chi connectivity index (χ4v) is 4.50. The van der Waals surface area contributed by atoms with E-state index in [0.29, 0.717) is 31.7 Å². The number of aromatic nitrogens is 2. The van der Waals surface area contributed by atoms with Gasteiger partial charge in [-0.15, -0.1) is 10.2 Å². The number of halogens is 1. The molecule has 1 aromatic heterocycles. The van der Waals surface area contributed by atoms with Crippen LogP contribution in [0.3, 0.4) is 0 Å². The molecule has 150 valence electrons. The number of amides is 2. The molecule has 8 nitrogen and oxygen atoms in total. The fraction of sp³-hybridized carbons (Fsp3) is 0.412. The Hall–Kier alpha value is -2.04. The van der Waals surface area contributed by atoms with Crippen LogP contribution in [0, 0.1) is 0 Å². The number of anilines is 2. The Morgan fingerprint density at radius 1 is 1.29 bits per heavy atom. The van der Waals surface area contributed by atoms with Crippen LogP contribution in [0.4, 0.5) is 10.8 Å². The molecule has 1 saturated carbocycles. The first kappa shape index (κ1) is 20.7. The molecule has 1 aliphatic rings. The SMILES string of the molecule is COc1cc(NC(=O)CSc2nnc(N(C(C)=O)C3CC3)s2)c(OC)cc1Cl. The quantitative estimate of drug-likeness (QED) is 0.494. The second kappa shape index (κ2) is 8.97. The maximum atomic E-state index is 12.3. The van der Waals surface area contributed by atoms with Gasteiger partial charge in [-0.25, -0.2) is 0 Å². The van der Waals surface area contributed by atoms with Gasteiger partial charge in [-0.05, 0) is 12.8 Å². The van der Waals surface area contributed by atoms with Crippen molar-refractivity contribution in [2.45, 2.75) is 30.1 Å². The summed E-state index contributed by atoms with van der Waals surface area (Å²) < 4.78 is 11.0. The van der Waals surface area contributed by atoms with E-state index in [-0.39, 0.29) is 23.6 Å². The number of thioether (sulfide) groups is 1. The van der Waals surface area contributed by atoms with Crippen LogP contribution in [0.1, 0.15) is 19.8 Å². The Kier molecular flexibility index (Phi) is 6.63. The van der Waals surface area contributed by atoms with Crippen molar-refractivity contribution in [2.24, 2.45) is 0 Å². The van der Waals surface area contributed by atoms with Crippen molar-refractivity contribution in [3.63, 3.8) is 0 Å². The Bertz CT molecular complexity index is 888. The van der Waals surface area contributed by atoms with Gasteiger partial charge in [-0.1, -0.05) is 34.7 Å². The lowest BCUT2D eigenvalue weighted by atomic mass is 10.2. The number of hydrogen-bond donors (Lipinski definition) is 1. The van der Waals surface area contributed by atoms with Gasteiger partial charge in [0.25, 0.3) is 0 Å². The third-order valence-electron chi connectivity index (χ3n) is 3.93. The van der Waals surface area contributed by atoms with Gasteiger partial charge in [-0.2, -0.15) is 0 Å². The normalized spacial score (nSPS) is 13.1. The molecule has 11 heteroatoms. The minimum atomic E-state index is -0.241. The molecule has 0 radical (unpaired) electrons. The lowest BCUT2D eigenvalue weighted by molar-refractivity contribution is -0.116. The zero-order chi connectivity index (χ0) is 20.3. The minimum Gasteiger partial charge on any atom is -0.495 e. The summed E-state index contributed by atoms with van der Waals surface area (Å²) in [4.78, 5) is 25.8. The molecule has 0 atom stereocenters. The van der Waals surface area contributed by atoms with E-state index in [1.165, 1.54) is 44.2 Å². The van der Waals surface area contributed by atoms with E-state index in [2.05, 4.69) is 15.5 Å². The maximum Gasteiger partial charge on any atom is 0.234 e. The summed E-state index contributed by atoms with van der Waals surface area (Å²) in [7, 11) is 2.99. The van der Waals surface area contributed by atoms with Crippen molar-refractivity contribution >= 4 is 57.3 Å². The molecule has 0 bridgehead atoms. The summed E-state index contributed by atoms with van der Waals surface area (Å²) in [6, 6.07) is 3.40. The van der Waals surface area contributed by atoms with Gasteiger partial charge in [-0.3, -0.25) is 14.5 Å². The summed E-state index contributed by atoms with van der Waals surface area (Å²) in [5.74, 6) is 0.714. The van der Waals surface area contributed by atoms with Crippen LogP contribution in [0.15, 0.2) is 16.5 Å². The van der Waals surface area contributed by atoms with Crippen molar-refractivity contribution in [3.8, 4) is 11.5 Å². The molecule has 0 unspecified atom stereocenters. The zero-order valence-corrected chi connectivity index (χ0v) is 17.9. The van der Waals surface area contributed by atoms with Gasteiger partial charge in [0.1, 0.15) is 11.5 Å². The number of rotatable bonds is 8. The van der Waals surface area contributed by atoms with Gasteiger partial charge in [0.2, 0.25) is 16.9 Å². The van der Waals surface area contributed by atoms with E-state index in [1.807, 2.05) is 0 Å². The van der Waals surface area contributed by atoms with Gasteiger partial charge in [0.15, 0.2) is 4.34 Å². The van der Waals surface area contributed by atoms with Gasteiger partial charge < -0.3 is 14.8 Å². The minimum absolute atomic E-state index is 0.0447. The monoisotopic (exact) mass is 442 g/mol. The molecule has 28 heavy (non-hydrogen) atoms. The van der Waals surface area contributed by atoms with Crippen molar-refractivity contribution in [1.29, 1.82) is 0 Å². The third-order valence-corrected chi connectivity index (χ3v) is 6.28. The van der Waals surface area contributed by atoms with E-state index in [9.17, 15) is 9.59 Å². The fourth-order valence-electron chi connectivity index (χ4n) is 2.51. The van der Waals surface area contributed by atoms with Gasteiger partial charge >= 0.3 is 0 Å². The molecule has 0 aliphatic heterocycles. The molecular formula is C17H19ClN4O4S2. The smallest absolute Gasteiger partial charge is 0.234 e. The van der Waals surface area contributed by atoms with E-state index >= 15 is 0 Å². The van der Waals surface area contributed by atoms with Crippen molar-refractivity contribution in [1.82, 2.24) is 10.2 Å². The van der Waals surface area contributed by atoms with Crippen LogP contribution in [-0.4, -0.2) is 48.0 Å². The summed E-state index contributed by atoms with van der Waals surface area (Å²) in [5.41, 5.74) is 0.462. The molecule has 1 fully saturated rings. The van der Waals surface area contributed by atoms with Crippen LogP contribution in [0.5, 0.6) is 11.5 Å². The van der Waals surface area contributed by atoms with Crippen LogP contribution < -0.4 is 19.7 Å². The molecule has 1 heterocycles. The van der Waals surface area contributed by atoms with E-state index in [1.54, 1.807) is 17.0 Å². The lowest BCUT2D eigenvalue weighted by Crippen LogP contribution is -2.30. The van der Waals surface area contributed by atoms with Gasteiger partial charge in [0.05, 0.1) is 30.7 Å².